The first-order chi connectivity index (χ1) is 21.9. The molecule has 0 amide bonds. The Morgan fingerprint density at radius 1 is 0.386 bits per heavy atom. The van der Waals surface area contributed by atoms with Crippen LogP contribution in [0.3, 0.4) is 0 Å². The second kappa shape index (κ2) is 9.80. The Morgan fingerprint density at radius 3 is 1.73 bits per heavy atom. The van der Waals surface area contributed by atoms with Crippen LogP contribution in [0.2, 0.25) is 0 Å². The van der Waals surface area contributed by atoms with E-state index in [-0.39, 0.29) is 0 Å². The van der Waals surface area contributed by atoms with Crippen molar-refractivity contribution in [1.82, 2.24) is 4.57 Å². The lowest BCUT2D eigenvalue weighted by atomic mass is 10.0. The second-order valence-corrected chi connectivity index (χ2v) is 15.4. The molecule has 0 radical (unpaired) electrons. The van der Waals surface area contributed by atoms with Gasteiger partial charge in [0.25, 0.3) is 0 Å². The minimum Gasteiger partial charge on any atom is -0.309 e. The standard InChI is InChI=1S/C42H29NSi/c1-4-15-30(16-5-1)31-27-28-38-36(29-31)34-21-10-12-23-37(34)43(38)39-24-14-26-41-42(39)35-22-11-13-25-40(35)44(41,32-17-6-2-7-18-32)33-19-8-3-9-20-33/h1-29H. The molecule has 0 spiro atoms. The zero-order valence-electron chi connectivity index (χ0n) is 24.2. The van der Waals surface area contributed by atoms with Gasteiger partial charge in [-0.2, -0.15) is 0 Å². The van der Waals surface area contributed by atoms with Crippen molar-refractivity contribution in [3.8, 4) is 27.9 Å². The maximum absolute atomic E-state index is 2.57. The normalized spacial score (nSPS) is 13.2. The molecule has 0 saturated heterocycles. The molecule has 8 aromatic rings. The van der Waals surface area contributed by atoms with Gasteiger partial charge in [0.15, 0.2) is 8.07 Å². The summed E-state index contributed by atoms with van der Waals surface area (Å²) in [6, 6.07) is 65.2. The first-order valence-corrected chi connectivity index (χ1v) is 17.3. The molecule has 2 heteroatoms. The zero-order valence-corrected chi connectivity index (χ0v) is 25.2. The molecule has 44 heavy (non-hydrogen) atoms. The molecular weight excluding hydrogens is 547 g/mol. The van der Waals surface area contributed by atoms with Gasteiger partial charge in [0.05, 0.1) is 16.7 Å². The van der Waals surface area contributed by atoms with E-state index in [2.05, 4.69) is 180 Å². The van der Waals surface area contributed by atoms with Gasteiger partial charge in [0, 0.05) is 16.3 Å². The van der Waals surface area contributed by atoms with Crippen molar-refractivity contribution in [1.29, 1.82) is 0 Å². The van der Waals surface area contributed by atoms with Gasteiger partial charge in [-0.05, 0) is 61.7 Å². The second-order valence-electron chi connectivity index (χ2n) is 11.7. The summed E-state index contributed by atoms with van der Waals surface area (Å²) in [6.45, 7) is 0. The maximum atomic E-state index is 2.51. The summed E-state index contributed by atoms with van der Waals surface area (Å²) in [4.78, 5) is 0. The Kier molecular flexibility index (Phi) is 5.59. The fraction of sp³-hybridized carbons (Fsp3) is 0. The number of benzene rings is 7. The largest absolute Gasteiger partial charge is 0.309 e. The minimum atomic E-state index is -2.57. The maximum Gasteiger partial charge on any atom is 0.180 e. The van der Waals surface area contributed by atoms with Crippen LogP contribution in [0, 0.1) is 0 Å². The van der Waals surface area contributed by atoms with E-state index in [1.54, 1.807) is 0 Å². The van der Waals surface area contributed by atoms with Gasteiger partial charge >= 0.3 is 0 Å². The van der Waals surface area contributed by atoms with Gasteiger partial charge in [0.1, 0.15) is 0 Å². The smallest absolute Gasteiger partial charge is 0.180 e. The first kappa shape index (κ1) is 25.1. The molecule has 0 N–H and O–H groups in total. The highest BCUT2D eigenvalue weighted by atomic mass is 28.3. The van der Waals surface area contributed by atoms with Crippen LogP contribution in [0.4, 0.5) is 0 Å². The zero-order chi connectivity index (χ0) is 29.1. The molecule has 0 unspecified atom stereocenters. The Morgan fingerprint density at radius 2 is 0.977 bits per heavy atom. The van der Waals surface area contributed by atoms with Crippen LogP contribution in [0.25, 0.3) is 49.7 Å². The molecule has 0 fully saturated rings. The summed E-state index contributed by atoms with van der Waals surface area (Å²) in [5, 5.41) is 8.32. The molecule has 1 aromatic heterocycles. The molecule has 1 aliphatic heterocycles. The van der Waals surface area contributed by atoms with Gasteiger partial charge in [-0.15, -0.1) is 0 Å². The molecule has 9 rings (SSSR count). The number of hydrogen-bond donors (Lipinski definition) is 0. The highest BCUT2D eigenvalue weighted by Crippen LogP contribution is 2.39. The summed E-state index contributed by atoms with van der Waals surface area (Å²) in [7, 11) is -2.57. The Hall–Kier alpha value is -5.44. The third kappa shape index (κ3) is 3.46. The monoisotopic (exact) mass is 575 g/mol. The van der Waals surface area contributed by atoms with Gasteiger partial charge in [-0.3, -0.25) is 0 Å². The third-order valence-electron chi connectivity index (χ3n) is 9.48. The van der Waals surface area contributed by atoms with E-state index in [4.69, 9.17) is 0 Å². The summed E-state index contributed by atoms with van der Waals surface area (Å²) >= 11 is 0. The first-order valence-electron chi connectivity index (χ1n) is 15.3. The Labute approximate surface area is 258 Å². The number of fused-ring (bicyclic) bond motifs is 6. The molecule has 2 heterocycles. The molecule has 0 atom stereocenters. The van der Waals surface area contributed by atoms with E-state index in [0.717, 1.165) is 0 Å². The van der Waals surface area contributed by atoms with Crippen molar-refractivity contribution in [2.24, 2.45) is 0 Å². The molecule has 0 bridgehead atoms. The van der Waals surface area contributed by atoms with Gasteiger partial charge < -0.3 is 4.57 Å². The van der Waals surface area contributed by atoms with E-state index in [1.807, 2.05) is 0 Å². The number of nitrogens with zero attached hydrogens (tertiary/aromatic N) is 1. The van der Waals surface area contributed by atoms with Gasteiger partial charge in [0.2, 0.25) is 0 Å². The predicted octanol–water partition coefficient (Wildman–Crippen LogP) is 7.81. The van der Waals surface area contributed by atoms with Crippen LogP contribution in [-0.4, -0.2) is 12.6 Å². The Bertz CT molecular complexity index is 2280. The molecule has 1 aliphatic rings. The van der Waals surface area contributed by atoms with Crippen LogP contribution in [0.15, 0.2) is 176 Å². The fourth-order valence-electron chi connectivity index (χ4n) is 7.70. The van der Waals surface area contributed by atoms with E-state index >= 15 is 0 Å². The number of aromatic nitrogens is 1. The highest BCUT2D eigenvalue weighted by molar-refractivity contribution is 7.22. The minimum absolute atomic E-state index is 1.23. The van der Waals surface area contributed by atoms with Crippen molar-refractivity contribution in [3.05, 3.63) is 176 Å². The molecule has 0 saturated carbocycles. The Balaban J connectivity index is 1.40. The van der Waals surface area contributed by atoms with Crippen molar-refractivity contribution < 1.29 is 0 Å². The van der Waals surface area contributed by atoms with E-state index in [1.165, 1.54) is 70.5 Å². The lowest BCUT2D eigenvalue weighted by Crippen LogP contribution is -2.72. The average Bonchev–Trinajstić information content (AvgIpc) is 3.60. The van der Waals surface area contributed by atoms with Crippen molar-refractivity contribution in [2.45, 2.75) is 0 Å². The van der Waals surface area contributed by atoms with Crippen LogP contribution in [0.5, 0.6) is 0 Å². The van der Waals surface area contributed by atoms with Gasteiger partial charge in [-0.25, -0.2) is 0 Å². The van der Waals surface area contributed by atoms with Crippen LogP contribution >= 0.6 is 0 Å². The molecular formula is C42H29NSi. The summed E-state index contributed by atoms with van der Waals surface area (Å²) < 4.78 is 2.51. The predicted molar refractivity (Wildman–Crippen MR) is 189 cm³/mol. The van der Waals surface area contributed by atoms with E-state index < -0.39 is 8.07 Å². The van der Waals surface area contributed by atoms with Crippen LogP contribution < -0.4 is 20.7 Å². The lowest BCUT2D eigenvalue weighted by molar-refractivity contribution is 1.19. The fourth-order valence-corrected chi connectivity index (χ4v) is 12.9. The molecule has 206 valence electrons. The summed E-state index contributed by atoms with van der Waals surface area (Å²) in [5.41, 5.74) is 8.90. The van der Waals surface area contributed by atoms with Crippen molar-refractivity contribution in [2.75, 3.05) is 0 Å². The SMILES string of the molecule is c1ccc(-c2ccc3c(c2)c2ccccc2n3-c2cccc3c2-c2ccccc2[Si]3(c2ccccc2)c2ccccc2)cc1. The van der Waals surface area contributed by atoms with E-state index in [0.29, 0.717) is 0 Å². The number of hydrogen-bond acceptors (Lipinski definition) is 0. The third-order valence-corrected chi connectivity index (χ3v) is 14.3. The summed E-state index contributed by atoms with van der Waals surface area (Å²) in [5.74, 6) is 0. The molecule has 1 nitrogen and oxygen atoms in total. The van der Waals surface area contributed by atoms with E-state index in [9.17, 15) is 0 Å². The van der Waals surface area contributed by atoms with Crippen molar-refractivity contribution >= 4 is 50.6 Å². The van der Waals surface area contributed by atoms with Crippen molar-refractivity contribution in [3.63, 3.8) is 0 Å². The van der Waals surface area contributed by atoms with Crippen LogP contribution in [-0.2, 0) is 0 Å². The van der Waals surface area contributed by atoms with Gasteiger partial charge in [-0.1, -0.05) is 152 Å². The summed E-state index contributed by atoms with van der Waals surface area (Å²) in [6.07, 6.45) is 0. The number of rotatable bonds is 4. The average molecular weight is 576 g/mol. The number of para-hydroxylation sites is 1. The molecule has 7 aromatic carbocycles. The lowest BCUT2D eigenvalue weighted by Gasteiger charge is -2.31. The quantitative estimate of drug-likeness (QED) is 0.189. The molecule has 0 aliphatic carbocycles. The highest BCUT2D eigenvalue weighted by Gasteiger charge is 2.49. The topological polar surface area (TPSA) is 4.93 Å². The van der Waals surface area contributed by atoms with Crippen LogP contribution in [0.1, 0.15) is 0 Å².